The van der Waals surface area contributed by atoms with Gasteiger partial charge in [0.15, 0.2) is 0 Å². The third-order valence-corrected chi connectivity index (χ3v) is 3.34. The molecule has 0 aliphatic heterocycles. The third-order valence-electron chi connectivity index (χ3n) is 3.34. The van der Waals surface area contributed by atoms with Crippen molar-refractivity contribution in [2.45, 2.75) is 51.6 Å². The van der Waals surface area contributed by atoms with Gasteiger partial charge in [0.2, 0.25) is 0 Å². The summed E-state index contributed by atoms with van der Waals surface area (Å²) in [5.74, 6) is 0. The second kappa shape index (κ2) is 3.76. The highest BCUT2D eigenvalue weighted by atomic mass is 19.4. The van der Waals surface area contributed by atoms with Gasteiger partial charge >= 0.3 is 6.18 Å². The van der Waals surface area contributed by atoms with Crippen molar-refractivity contribution in [3.63, 3.8) is 0 Å². The third kappa shape index (κ3) is 2.20. The predicted octanol–water partition coefficient (Wildman–Crippen LogP) is 4.49. The Kier molecular flexibility index (Phi) is 2.75. The molecular weight excluding hydrogens is 225 g/mol. The summed E-state index contributed by atoms with van der Waals surface area (Å²) in [6, 6.07) is 2.91. The first-order valence-corrected chi connectivity index (χ1v) is 5.93. The quantitative estimate of drug-likeness (QED) is 0.628. The van der Waals surface area contributed by atoms with E-state index in [2.05, 4.69) is 0 Å². The Labute approximate surface area is 99.8 Å². The van der Waals surface area contributed by atoms with Crippen LogP contribution in [0, 0.1) is 0 Å². The van der Waals surface area contributed by atoms with E-state index in [1.165, 1.54) is 6.07 Å². The van der Waals surface area contributed by atoms with Crippen LogP contribution in [0.15, 0.2) is 12.1 Å². The van der Waals surface area contributed by atoms with Crippen LogP contribution in [0.3, 0.4) is 0 Å². The van der Waals surface area contributed by atoms with Crippen LogP contribution in [0.25, 0.3) is 0 Å². The first-order valence-electron chi connectivity index (χ1n) is 5.93. The monoisotopic (exact) mass is 242 g/mol. The van der Waals surface area contributed by atoms with Crippen LogP contribution in [-0.4, -0.2) is 0 Å². The van der Waals surface area contributed by atoms with Crippen LogP contribution in [0.4, 0.5) is 13.2 Å². The molecule has 0 amide bonds. The van der Waals surface area contributed by atoms with E-state index in [9.17, 15) is 13.2 Å². The second-order valence-electron chi connectivity index (χ2n) is 5.73. The summed E-state index contributed by atoms with van der Waals surface area (Å²) in [7, 11) is 0. The van der Waals surface area contributed by atoms with Crippen molar-refractivity contribution in [1.29, 1.82) is 0 Å². The molecule has 3 heteroatoms. The van der Waals surface area contributed by atoms with E-state index in [4.69, 9.17) is 0 Å². The highest BCUT2D eigenvalue weighted by Gasteiger charge is 2.38. The zero-order valence-electron chi connectivity index (χ0n) is 10.4. The molecule has 94 valence electrons. The average Bonchev–Trinajstić information content (AvgIpc) is 2.59. The van der Waals surface area contributed by atoms with Crippen LogP contribution >= 0.6 is 0 Å². The lowest BCUT2D eigenvalue weighted by atomic mass is 9.79. The second-order valence-corrected chi connectivity index (χ2v) is 5.73. The Bertz CT molecular complexity index is 436. The SMILES string of the molecule is CC(C)(C)c1c(C(F)(F)F)ccc2c1CCC2. The molecule has 0 saturated carbocycles. The molecule has 1 aromatic rings. The molecule has 0 N–H and O–H groups in total. The smallest absolute Gasteiger partial charge is 0.166 e. The zero-order chi connectivity index (χ0) is 12.8. The van der Waals surface area contributed by atoms with Gasteiger partial charge in [0.25, 0.3) is 0 Å². The zero-order valence-corrected chi connectivity index (χ0v) is 10.4. The molecule has 0 aromatic heterocycles. The summed E-state index contributed by atoms with van der Waals surface area (Å²) < 4.78 is 39.1. The molecule has 0 saturated heterocycles. The Morgan fingerprint density at radius 3 is 2.18 bits per heavy atom. The number of benzene rings is 1. The lowest BCUT2D eigenvalue weighted by Gasteiger charge is -2.27. The minimum atomic E-state index is -4.25. The number of aryl methyl sites for hydroxylation is 1. The Morgan fingerprint density at radius 2 is 1.65 bits per heavy atom. The van der Waals surface area contributed by atoms with Crippen LogP contribution in [0.2, 0.25) is 0 Å². The van der Waals surface area contributed by atoms with E-state index in [1.54, 1.807) is 6.07 Å². The topological polar surface area (TPSA) is 0 Å². The van der Waals surface area contributed by atoms with E-state index in [-0.39, 0.29) is 0 Å². The van der Waals surface area contributed by atoms with Crippen molar-refractivity contribution in [2.24, 2.45) is 0 Å². The number of halogens is 3. The largest absolute Gasteiger partial charge is 0.416 e. The highest BCUT2D eigenvalue weighted by molar-refractivity contribution is 5.48. The van der Waals surface area contributed by atoms with Gasteiger partial charge in [0.1, 0.15) is 0 Å². The number of rotatable bonds is 0. The standard InChI is InChI=1S/C14H17F3/c1-13(2,3)12-10-6-4-5-9(10)7-8-11(12)14(15,16)17/h7-8H,4-6H2,1-3H3. The van der Waals surface area contributed by atoms with E-state index < -0.39 is 17.2 Å². The van der Waals surface area contributed by atoms with E-state index >= 15 is 0 Å². The van der Waals surface area contributed by atoms with Gasteiger partial charge in [-0.25, -0.2) is 0 Å². The summed E-state index contributed by atoms with van der Waals surface area (Å²) in [6.45, 7) is 5.57. The van der Waals surface area contributed by atoms with Gasteiger partial charge in [-0.2, -0.15) is 13.2 Å². The van der Waals surface area contributed by atoms with Gasteiger partial charge in [-0.1, -0.05) is 26.8 Å². The number of alkyl halides is 3. The molecule has 1 aliphatic rings. The first kappa shape index (κ1) is 12.5. The van der Waals surface area contributed by atoms with Crippen LogP contribution < -0.4 is 0 Å². The van der Waals surface area contributed by atoms with E-state index in [0.717, 1.165) is 30.4 Å². The van der Waals surface area contributed by atoms with Gasteiger partial charge in [-0.3, -0.25) is 0 Å². The number of hydrogen-bond acceptors (Lipinski definition) is 0. The Morgan fingerprint density at radius 1 is 1.00 bits per heavy atom. The van der Waals surface area contributed by atoms with Gasteiger partial charge in [0.05, 0.1) is 5.56 Å². The Hall–Kier alpha value is -0.990. The minimum Gasteiger partial charge on any atom is -0.166 e. The molecule has 17 heavy (non-hydrogen) atoms. The van der Waals surface area contributed by atoms with Crippen LogP contribution in [0.5, 0.6) is 0 Å². The van der Waals surface area contributed by atoms with Gasteiger partial charge in [-0.15, -0.1) is 0 Å². The average molecular weight is 242 g/mol. The summed E-state index contributed by atoms with van der Waals surface area (Å²) in [4.78, 5) is 0. The fourth-order valence-electron chi connectivity index (χ4n) is 2.76. The maximum atomic E-state index is 13.0. The number of hydrogen-bond donors (Lipinski definition) is 0. The lowest BCUT2D eigenvalue weighted by Crippen LogP contribution is -2.22. The van der Waals surface area contributed by atoms with Crippen LogP contribution in [0.1, 0.15) is 49.4 Å². The Balaban J connectivity index is 2.70. The molecule has 0 radical (unpaired) electrons. The number of fused-ring (bicyclic) bond motifs is 1. The fraction of sp³-hybridized carbons (Fsp3) is 0.571. The van der Waals surface area contributed by atoms with Crippen molar-refractivity contribution in [2.75, 3.05) is 0 Å². The molecule has 0 bridgehead atoms. The van der Waals surface area contributed by atoms with Crippen molar-refractivity contribution in [3.05, 3.63) is 34.4 Å². The van der Waals surface area contributed by atoms with E-state index in [0.29, 0.717) is 5.56 Å². The predicted molar refractivity (Wildman–Crippen MR) is 62.2 cm³/mol. The van der Waals surface area contributed by atoms with E-state index in [1.807, 2.05) is 20.8 Å². The first-order chi connectivity index (χ1) is 7.71. The maximum absolute atomic E-state index is 13.0. The molecular formula is C14H17F3. The fourth-order valence-corrected chi connectivity index (χ4v) is 2.76. The lowest BCUT2D eigenvalue weighted by molar-refractivity contribution is -0.138. The van der Waals surface area contributed by atoms with Gasteiger partial charge in [-0.05, 0) is 47.4 Å². The maximum Gasteiger partial charge on any atom is 0.416 e. The molecule has 2 rings (SSSR count). The molecule has 1 aromatic carbocycles. The van der Waals surface area contributed by atoms with Crippen molar-refractivity contribution < 1.29 is 13.2 Å². The molecule has 0 heterocycles. The summed E-state index contributed by atoms with van der Waals surface area (Å²) in [5, 5.41) is 0. The molecule has 1 aliphatic carbocycles. The van der Waals surface area contributed by atoms with Crippen molar-refractivity contribution >= 4 is 0 Å². The molecule has 0 fully saturated rings. The minimum absolute atomic E-state index is 0.453. The summed E-state index contributed by atoms with van der Waals surface area (Å²) in [5.41, 5.74) is 1.63. The van der Waals surface area contributed by atoms with Crippen molar-refractivity contribution in [1.82, 2.24) is 0 Å². The van der Waals surface area contributed by atoms with Crippen molar-refractivity contribution in [3.8, 4) is 0 Å². The summed E-state index contributed by atoms with van der Waals surface area (Å²) >= 11 is 0. The molecule has 0 nitrogen and oxygen atoms in total. The summed E-state index contributed by atoms with van der Waals surface area (Å²) in [6.07, 6.45) is -1.58. The van der Waals surface area contributed by atoms with Gasteiger partial charge in [0, 0.05) is 0 Å². The van der Waals surface area contributed by atoms with Gasteiger partial charge < -0.3 is 0 Å². The van der Waals surface area contributed by atoms with Crippen LogP contribution in [-0.2, 0) is 24.4 Å². The molecule has 0 spiro atoms. The molecule has 0 unspecified atom stereocenters. The highest BCUT2D eigenvalue weighted by Crippen LogP contribution is 2.42. The normalized spacial score (nSPS) is 16.1. The molecule has 0 atom stereocenters.